The molecule has 0 saturated heterocycles. The summed E-state index contributed by atoms with van der Waals surface area (Å²) in [4.78, 5) is 11.2. The predicted octanol–water partition coefficient (Wildman–Crippen LogP) is 5.05. The summed E-state index contributed by atoms with van der Waals surface area (Å²) in [6.07, 6.45) is 3.26. The highest BCUT2D eigenvalue weighted by Gasteiger charge is 2.52. The predicted molar refractivity (Wildman–Crippen MR) is 97.3 cm³/mol. The number of rotatable bonds is 3. The van der Waals surface area contributed by atoms with Gasteiger partial charge in [-0.2, -0.15) is 0 Å². The summed E-state index contributed by atoms with van der Waals surface area (Å²) in [6.45, 7) is 0. The van der Waals surface area contributed by atoms with E-state index in [1.165, 1.54) is 5.56 Å². The number of amides is 1. The number of nitrogens with one attached hydrogen (secondary N) is 1. The Hall–Kier alpha value is -2.20. The second kappa shape index (κ2) is 5.95. The van der Waals surface area contributed by atoms with Crippen molar-refractivity contribution in [3.63, 3.8) is 0 Å². The molecule has 0 bridgehead atoms. The standard InChI is InChI=1S/C20H20ClNO3/c1-25-14-3-5-15(17(21)11-14)12-2-4-16-13(10-12)6-7-20(8-9-20)18(16)22-19(23)24/h2-5,10-11,18,22H,6-9H2,1H3,(H,23,24). The quantitative estimate of drug-likeness (QED) is 0.808. The van der Waals surface area contributed by atoms with E-state index in [2.05, 4.69) is 17.4 Å². The van der Waals surface area contributed by atoms with Gasteiger partial charge in [0, 0.05) is 5.56 Å². The van der Waals surface area contributed by atoms with Crippen LogP contribution in [0, 0.1) is 5.41 Å². The van der Waals surface area contributed by atoms with Crippen molar-refractivity contribution in [3.8, 4) is 16.9 Å². The average molecular weight is 358 g/mol. The maximum atomic E-state index is 11.2. The van der Waals surface area contributed by atoms with Gasteiger partial charge in [-0.05, 0) is 66.0 Å². The fourth-order valence-corrected chi connectivity index (χ4v) is 4.32. The molecule has 2 aromatic rings. The maximum Gasteiger partial charge on any atom is 0.405 e. The zero-order valence-electron chi connectivity index (χ0n) is 14.0. The summed E-state index contributed by atoms with van der Waals surface area (Å²) in [5.74, 6) is 0.730. The fraction of sp³-hybridized carbons (Fsp3) is 0.350. The zero-order chi connectivity index (χ0) is 17.6. The van der Waals surface area contributed by atoms with Crippen molar-refractivity contribution >= 4 is 17.7 Å². The first-order valence-corrected chi connectivity index (χ1v) is 8.86. The van der Waals surface area contributed by atoms with Crippen LogP contribution in [0.2, 0.25) is 5.02 Å². The Morgan fingerprint density at radius 1 is 1.24 bits per heavy atom. The molecule has 0 heterocycles. The summed E-state index contributed by atoms with van der Waals surface area (Å²) in [7, 11) is 1.62. The molecule has 0 radical (unpaired) electrons. The number of aryl methyl sites for hydroxylation is 1. The van der Waals surface area contributed by atoms with E-state index in [1.54, 1.807) is 7.11 Å². The van der Waals surface area contributed by atoms with Crippen LogP contribution in [0.5, 0.6) is 5.75 Å². The lowest BCUT2D eigenvalue weighted by Gasteiger charge is -2.34. The second-order valence-electron chi connectivity index (χ2n) is 7.00. The minimum atomic E-state index is -0.952. The van der Waals surface area contributed by atoms with Gasteiger partial charge in [0.05, 0.1) is 18.2 Å². The van der Waals surface area contributed by atoms with Gasteiger partial charge in [0.25, 0.3) is 0 Å². The van der Waals surface area contributed by atoms with Crippen LogP contribution in [0.25, 0.3) is 11.1 Å². The number of benzene rings is 2. The highest BCUT2D eigenvalue weighted by Crippen LogP contribution is 2.61. The monoisotopic (exact) mass is 357 g/mol. The van der Waals surface area contributed by atoms with E-state index in [4.69, 9.17) is 16.3 Å². The molecule has 1 unspecified atom stereocenters. The molecule has 2 aliphatic carbocycles. The Morgan fingerprint density at radius 2 is 2.04 bits per heavy atom. The number of carbonyl (C=O) groups is 1. The molecule has 4 nitrogen and oxygen atoms in total. The Kier molecular flexibility index (Phi) is 3.88. The molecular formula is C20H20ClNO3. The number of methoxy groups -OCH3 is 1. The van der Waals surface area contributed by atoms with Crippen LogP contribution < -0.4 is 10.1 Å². The van der Waals surface area contributed by atoms with Crippen LogP contribution in [0.15, 0.2) is 36.4 Å². The Morgan fingerprint density at radius 3 is 2.68 bits per heavy atom. The van der Waals surface area contributed by atoms with Gasteiger partial charge in [0.1, 0.15) is 5.75 Å². The SMILES string of the molecule is COc1ccc(-c2ccc3c(c2)CCC2(CC2)C3NC(=O)O)c(Cl)c1. The molecule has 2 aromatic carbocycles. The maximum absolute atomic E-state index is 11.2. The highest BCUT2D eigenvalue weighted by molar-refractivity contribution is 6.33. The molecule has 130 valence electrons. The largest absolute Gasteiger partial charge is 0.497 e. The van der Waals surface area contributed by atoms with Crippen LogP contribution in [0.4, 0.5) is 4.79 Å². The third kappa shape index (κ3) is 2.85. The summed E-state index contributed by atoms with van der Waals surface area (Å²) in [6, 6.07) is 11.8. The van der Waals surface area contributed by atoms with Gasteiger partial charge in [-0.3, -0.25) is 0 Å². The molecule has 1 saturated carbocycles. The van der Waals surface area contributed by atoms with Gasteiger partial charge in [-0.1, -0.05) is 29.8 Å². The Balaban J connectivity index is 1.72. The third-order valence-corrected chi connectivity index (χ3v) is 5.92. The van der Waals surface area contributed by atoms with E-state index in [0.29, 0.717) is 5.02 Å². The molecule has 1 atom stereocenters. The molecule has 2 N–H and O–H groups in total. The van der Waals surface area contributed by atoms with Crippen molar-refractivity contribution in [1.29, 1.82) is 0 Å². The van der Waals surface area contributed by atoms with E-state index in [1.807, 2.05) is 24.3 Å². The number of hydrogen-bond donors (Lipinski definition) is 2. The van der Waals surface area contributed by atoms with E-state index >= 15 is 0 Å². The van der Waals surface area contributed by atoms with Crippen molar-refractivity contribution in [2.24, 2.45) is 5.41 Å². The topological polar surface area (TPSA) is 58.6 Å². The molecule has 25 heavy (non-hydrogen) atoms. The van der Waals surface area contributed by atoms with Crippen LogP contribution in [0.1, 0.15) is 36.4 Å². The smallest absolute Gasteiger partial charge is 0.405 e. The lowest BCUT2D eigenvalue weighted by Crippen LogP contribution is -2.36. The second-order valence-corrected chi connectivity index (χ2v) is 7.41. The highest BCUT2D eigenvalue weighted by atomic mass is 35.5. The third-order valence-electron chi connectivity index (χ3n) is 5.61. The molecule has 4 rings (SSSR count). The van der Waals surface area contributed by atoms with Crippen LogP contribution in [-0.4, -0.2) is 18.3 Å². The lowest BCUT2D eigenvalue weighted by molar-refractivity contribution is 0.178. The van der Waals surface area contributed by atoms with Crippen molar-refractivity contribution < 1.29 is 14.6 Å². The first-order valence-electron chi connectivity index (χ1n) is 8.49. The van der Waals surface area contributed by atoms with Gasteiger partial charge in [0.2, 0.25) is 0 Å². The summed E-state index contributed by atoms with van der Waals surface area (Å²) < 4.78 is 5.21. The number of carboxylic acid groups (broad SMARTS) is 1. The molecule has 1 spiro atoms. The number of hydrogen-bond acceptors (Lipinski definition) is 2. The minimum absolute atomic E-state index is 0.103. The number of fused-ring (bicyclic) bond motifs is 1. The van der Waals surface area contributed by atoms with E-state index < -0.39 is 6.09 Å². The summed E-state index contributed by atoms with van der Waals surface area (Å²) in [5, 5.41) is 12.6. The van der Waals surface area contributed by atoms with E-state index in [-0.39, 0.29) is 11.5 Å². The molecule has 1 amide bonds. The Bertz CT molecular complexity index is 845. The van der Waals surface area contributed by atoms with Crippen LogP contribution >= 0.6 is 11.6 Å². The van der Waals surface area contributed by atoms with Crippen LogP contribution in [0.3, 0.4) is 0 Å². The van der Waals surface area contributed by atoms with E-state index in [9.17, 15) is 9.90 Å². The molecular weight excluding hydrogens is 338 g/mol. The fourth-order valence-electron chi connectivity index (χ4n) is 4.04. The van der Waals surface area contributed by atoms with Gasteiger partial charge in [-0.15, -0.1) is 0 Å². The van der Waals surface area contributed by atoms with Crippen molar-refractivity contribution in [2.75, 3.05) is 7.11 Å². The van der Waals surface area contributed by atoms with Crippen molar-refractivity contribution in [1.82, 2.24) is 5.32 Å². The molecule has 1 fully saturated rings. The van der Waals surface area contributed by atoms with Gasteiger partial charge in [-0.25, -0.2) is 4.79 Å². The average Bonchev–Trinajstić information content (AvgIpc) is 3.37. The van der Waals surface area contributed by atoms with Crippen molar-refractivity contribution in [3.05, 3.63) is 52.5 Å². The molecule has 0 aromatic heterocycles. The first kappa shape index (κ1) is 16.3. The van der Waals surface area contributed by atoms with Crippen LogP contribution in [-0.2, 0) is 6.42 Å². The van der Waals surface area contributed by atoms with Crippen molar-refractivity contribution in [2.45, 2.75) is 31.7 Å². The van der Waals surface area contributed by atoms with E-state index in [0.717, 1.165) is 48.1 Å². The summed E-state index contributed by atoms with van der Waals surface area (Å²) >= 11 is 6.41. The van der Waals surface area contributed by atoms with Gasteiger partial charge >= 0.3 is 6.09 Å². The Labute approximate surface area is 151 Å². The number of ether oxygens (including phenoxy) is 1. The minimum Gasteiger partial charge on any atom is -0.497 e. The summed E-state index contributed by atoms with van der Waals surface area (Å²) in [5.41, 5.74) is 4.46. The van der Waals surface area contributed by atoms with Gasteiger partial charge in [0.15, 0.2) is 0 Å². The molecule has 5 heteroatoms. The number of halogens is 1. The molecule has 0 aliphatic heterocycles. The molecule has 2 aliphatic rings. The zero-order valence-corrected chi connectivity index (χ0v) is 14.8. The van der Waals surface area contributed by atoms with Gasteiger partial charge < -0.3 is 15.2 Å². The first-order chi connectivity index (χ1) is 12.0. The lowest BCUT2D eigenvalue weighted by atomic mass is 9.76. The normalized spacial score (nSPS) is 20.0.